The van der Waals surface area contributed by atoms with Gasteiger partial charge >= 0.3 is 6.09 Å². The van der Waals surface area contributed by atoms with Crippen LogP contribution in [0, 0.1) is 13.8 Å². The smallest absolute Gasteiger partial charge is 0.408 e. The van der Waals surface area contributed by atoms with Crippen molar-refractivity contribution in [3.8, 4) is 0 Å². The van der Waals surface area contributed by atoms with Gasteiger partial charge in [-0.15, -0.1) is 0 Å². The highest BCUT2D eigenvalue weighted by molar-refractivity contribution is 6.34. The molecule has 2 aromatic rings. The van der Waals surface area contributed by atoms with E-state index in [1.807, 2.05) is 39.0 Å². The molecule has 0 radical (unpaired) electrons. The van der Waals surface area contributed by atoms with Crippen LogP contribution in [0.2, 0.25) is 5.02 Å². The van der Waals surface area contributed by atoms with E-state index in [4.69, 9.17) is 16.3 Å². The minimum absolute atomic E-state index is 0.231. The normalized spacial score (nSPS) is 12.9. The molecule has 2 unspecified atom stereocenters. The van der Waals surface area contributed by atoms with Crippen LogP contribution in [0.1, 0.15) is 63.3 Å². The number of nitrogens with zero attached hydrogens (tertiary/aromatic N) is 1. The van der Waals surface area contributed by atoms with Crippen LogP contribution in [0.3, 0.4) is 0 Å². The first-order valence-electron chi connectivity index (χ1n) is 12.4. The molecule has 2 rings (SSSR count). The molecule has 0 fully saturated rings. The molecule has 0 heterocycles. The summed E-state index contributed by atoms with van der Waals surface area (Å²) in [4.78, 5) is 41.3. The summed E-state index contributed by atoms with van der Waals surface area (Å²) < 4.78 is 5.27. The molecular weight excluding hydrogens is 494 g/mol. The van der Waals surface area contributed by atoms with Gasteiger partial charge in [-0.1, -0.05) is 66.9 Å². The predicted molar refractivity (Wildman–Crippen MR) is 146 cm³/mol. The van der Waals surface area contributed by atoms with Gasteiger partial charge in [0.15, 0.2) is 0 Å². The van der Waals surface area contributed by atoms with Gasteiger partial charge in [-0.05, 0) is 58.2 Å². The molecule has 9 heteroatoms. The third-order valence-electron chi connectivity index (χ3n) is 5.63. The van der Waals surface area contributed by atoms with Crippen LogP contribution in [0.15, 0.2) is 42.5 Å². The highest BCUT2D eigenvalue weighted by atomic mass is 35.5. The number of aryl methyl sites for hydroxylation is 2. The lowest BCUT2D eigenvalue weighted by Crippen LogP contribution is -2.54. The maximum absolute atomic E-state index is 13.8. The van der Waals surface area contributed by atoms with E-state index in [0.29, 0.717) is 22.7 Å². The number of anilines is 1. The second kappa shape index (κ2) is 13.4. The molecule has 202 valence electrons. The van der Waals surface area contributed by atoms with E-state index in [9.17, 15) is 19.5 Å². The summed E-state index contributed by atoms with van der Waals surface area (Å²) in [6, 6.07) is 10.3. The SMILES string of the molecule is CCCCN(C(=O)C(CO)NC(=O)OC(C)(C)C)C(C(=O)Nc1c(C)cccc1Cl)c1ccc(C)cc1. The lowest BCUT2D eigenvalue weighted by Gasteiger charge is -2.34. The van der Waals surface area contributed by atoms with Gasteiger partial charge in [-0.2, -0.15) is 0 Å². The van der Waals surface area contributed by atoms with E-state index < -0.39 is 42.2 Å². The van der Waals surface area contributed by atoms with E-state index in [2.05, 4.69) is 10.6 Å². The van der Waals surface area contributed by atoms with Crippen LogP contribution in [0.4, 0.5) is 10.5 Å². The summed E-state index contributed by atoms with van der Waals surface area (Å²) in [6.07, 6.45) is 0.536. The van der Waals surface area contributed by atoms with Crippen molar-refractivity contribution in [1.82, 2.24) is 10.2 Å². The fourth-order valence-corrected chi connectivity index (χ4v) is 4.00. The maximum atomic E-state index is 13.8. The molecule has 8 nitrogen and oxygen atoms in total. The van der Waals surface area contributed by atoms with E-state index in [1.165, 1.54) is 4.90 Å². The van der Waals surface area contributed by atoms with Crippen LogP contribution < -0.4 is 10.6 Å². The average molecular weight is 532 g/mol. The number of rotatable bonds is 10. The number of ether oxygens (including phenoxy) is 1. The van der Waals surface area contributed by atoms with Crippen molar-refractivity contribution in [1.29, 1.82) is 0 Å². The van der Waals surface area contributed by atoms with Crippen LogP contribution in [0.25, 0.3) is 0 Å². The summed E-state index contributed by atoms with van der Waals surface area (Å²) in [5.74, 6) is -1.06. The quantitative estimate of drug-likeness (QED) is 0.393. The number of aliphatic hydroxyl groups excluding tert-OH is 1. The Morgan fingerprint density at radius 1 is 1.08 bits per heavy atom. The van der Waals surface area contributed by atoms with Crippen molar-refractivity contribution in [3.05, 3.63) is 64.2 Å². The lowest BCUT2D eigenvalue weighted by molar-refractivity contribution is -0.141. The number of alkyl carbamates (subject to hydrolysis) is 1. The molecule has 3 amide bonds. The zero-order valence-electron chi connectivity index (χ0n) is 22.4. The van der Waals surface area contributed by atoms with Gasteiger partial charge in [0.25, 0.3) is 5.91 Å². The molecule has 37 heavy (non-hydrogen) atoms. The Balaban J connectivity index is 2.49. The van der Waals surface area contributed by atoms with Gasteiger partial charge in [-0.3, -0.25) is 9.59 Å². The second-order valence-electron chi connectivity index (χ2n) is 10.0. The fraction of sp³-hybridized carbons (Fsp3) is 0.464. The first-order chi connectivity index (χ1) is 17.4. The minimum atomic E-state index is -1.30. The topological polar surface area (TPSA) is 108 Å². The zero-order chi connectivity index (χ0) is 27.8. The number of benzene rings is 2. The second-order valence-corrected chi connectivity index (χ2v) is 10.4. The molecule has 0 saturated heterocycles. The highest BCUT2D eigenvalue weighted by Gasteiger charge is 2.36. The Labute approximate surface area is 224 Å². The molecule has 0 aromatic heterocycles. The van der Waals surface area contributed by atoms with Gasteiger partial charge in [0.05, 0.1) is 17.3 Å². The van der Waals surface area contributed by atoms with Crippen molar-refractivity contribution in [2.24, 2.45) is 0 Å². The Morgan fingerprint density at radius 3 is 2.27 bits per heavy atom. The number of halogens is 1. The first-order valence-corrected chi connectivity index (χ1v) is 12.8. The van der Waals surface area contributed by atoms with Crippen molar-refractivity contribution >= 4 is 35.2 Å². The summed E-state index contributed by atoms with van der Waals surface area (Å²) in [5, 5.41) is 15.7. The molecule has 0 spiro atoms. The third kappa shape index (κ3) is 8.76. The monoisotopic (exact) mass is 531 g/mol. The van der Waals surface area contributed by atoms with Gasteiger partial charge in [0, 0.05) is 6.54 Å². The van der Waals surface area contributed by atoms with Crippen LogP contribution in [-0.4, -0.2) is 52.7 Å². The molecule has 0 aliphatic carbocycles. The van der Waals surface area contributed by atoms with Crippen molar-refractivity contribution in [2.45, 2.75) is 72.1 Å². The molecule has 0 bridgehead atoms. The number of para-hydroxylation sites is 1. The minimum Gasteiger partial charge on any atom is -0.444 e. The summed E-state index contributed by atoms with van der Waals surface area (Å²) in [7, 11) is 0. The number of hydrogen-bond acceptors (Lipinski definition) is 5. The number of nitrogens with one attached hydrogen (secondary N) is 2. The lowest BCUT2D eigenvalue weighted by atomic mass is 10.0. The van der Waals surface area contributed by atoms with Crippen molar-refractivity contribution in [2.75, 3.05) is 18.5 Å². The van der Waals surface area contributed by atoms with Gasteiger partial charge in [-0.25, -0.2) is 4.79 Å². The van der Waals surface area contributed by atoms with E-state index in [-0.39, 0.29) is 6.54 Å². The van der Waals surface area contributed by atoms with Crippen LogP contribution in [0.5, 0.6) is 0 Å². The molecule has 0 saturated carbocycles. The van der Waals surface area contributed by atoms with Crippen LogP contribution in [-0.2, 0) is 14.3 Å². The standard InChI is InChI=1S/C28H38ClN3O5/c1-7-8-16-32(26(35)22(17-33)30-27(36)37-28(4,5)6)24(20-14-12-18(2)13-15-20)25(34)31-23-19(3)10-9-11-21(23)29/h9-15,22,24,33H,7-8,16-17H2,1-6H3,(H,30,36)(H,31,34). The number of carbonyl (C=O) groups is 3. The summed E-state index contributed by atoms with van der Waals surface area (Å²) in [6.45, 7) is 10.4. The number of amides is 3. The maximum Gasteiger partial charge on any atom is 0.408 e. The van der Waals surface area contributed by atoms with E-state index >= 15 is 0 Å². The average Bonchev–Trinajstić information content (AvgIpc) is 2.82. The van der Waals surface area contributed by atoms with Crippen molar-refractivity contribution < 1.29 is 24.2 Å². The van der Waals surface area contributed by atoms with Gasteiger partial charge < -0.3 is 25.4 Å². The van der Waals surface area contributed by atoms with Gasteiger partial charge in [0.2, 0.25) is 5.91 Å². The fourth-order valence-electron chi connectivity index (χ4n) is 3.73. The molecule has 0 aliphatic heterocycles. The first kappa shape index (κ1) is 30.1. The highest BCUT2D eigenvalue weighted by Crippen LogP contribution is 2.29. The largest absolute Gasteiger partial charge is 0.444 e. The Kier molecular flexibility index (Phi) is 10.9. The molecule has 0 aliphatic rings. The predicted octanol–water partition coefficient (Wildman–Crippen LogP) is 5.15. The molecular formula is C28H38ClN3O5. The summed E-state index contributed by atoms with van der Waals surface area (Å²) >= 11 is 6.36. The zero-order valence-corrected chi connectivity index (χ0v) is 23.2. The third-order valence-corrected chi connectivity index (χ3v) is 5.95. The van der Waals surface area contributed by atoms with Gasteiger partial charge in [0.1, 0.15) is 17.7 Å². The molecule has 2 atom stereocenters. The Hall–Kier alpha value is -3.10. The Bertz CT molecular complexity index is 1060. The number of hydrogen-bond donors (Lipinski definition) is 3. The number of aliphatic hydroxyl groups is 1. The molecule has 3 N–H and O–H groups in total. The number of carbonyl (C=O) groups excluding carboxylic acids is 3. The van der Waals surface area contributed by atoms with E-state index in [0.717, 1.165) is 17.5 Å². The van der Waals surface area contributed by atoms with Crippen molar-refractivity contribution in [3.63, 3.8) is 0 Å². The summed E-state index contributed by atoms with van der Waals surface area (Å²) in [5.41, 5.74) is 2.03. The Morgan fingerprint density at radius 2 is 1.73 bits per heavy atom. The molecule has 2 aromatic carbocycles. The number of unbranched alkanes of at least 4 members (excludes halogenated alkanes) is 1. The van der Waals surface area contributed by atoms with Crippen LogP contribution >= 0.6 is 11.6 Å². The van der Waals surface area contributed by atoms with E-state index in [1.54, 1.807) is 45.0 Å².